The number of amides is 6. The second kappa shape index (κ2) is 19.9. The van der Waals surface area contributed by atoms with Gasteiger partial charge >= 0.3 is 0 Å². The fourth-order valence-electron chi connectivity index (χ4n) is 5.73. The molecule has 3 aromatic rings. The van der Waals surface area contributed by atoms with Gasteiger partial charge in [0.2, 0.25) is 23.6 Å². The topological polar surface area (TPSA) is 192 Å². The summed E-state index contributed by atoms with van der Waals surface area (Å²) in [6.07, 6.45) is 5.71. The molecule has 0 unspecified atom stereocenters. The highest BCUT2D eigenvalue weighted by Gasteiger charge is 2.32. The second-order valence-electron chi connectivity index (χ2n) is 13.2. The molecule has 6 amide bonds. The van der Waals surface area contributed by atoms with E-state index in [0.717, 1.165) is 5.56 Å². The van der Waals surface area contributed by atoms with Crippen molar-refractivity contribution in [2.24, 2.45) is 5.92 Å². The van der Waals surface area contributed by atoms with E-state index >= 15 is 0 Å². The normalized spacial score (nSPS) is 22.5. The van der Waals surface area contributed by atoms with Gasteiger partial charge in [-0.05, 0) is 61.8 Å². The summed E-state index contributed by atoms with van der Waals surface area (Å²) in [7, 11) is 0. The van der Waals surface area contributed by atoms with E-state index in [-0.39, 0.29) is 31.1 Å². The summed E-state index contributed by atoms with van der Waals surface area (Å²) in [5.41, 5.74) is 1.27. The Kier molecular flexibility index (Phi) is 15.3. The number of thioether (sulfide) groups is 1. The van der Waals surface area contributed by atoms with Crippen LogP contribution in [0.2, 0.25) is 0 Å². The molecule has 3 heterocycles. The Morgan fingerprint density at radius 1 is 0.925 bits per heavy atom. The molecule has 53 heavy (non-hydrogen) atoms. The highest BCUT2D eigenvalue weighted by molar-refractivity contribution is 7.98. The Hall–Kier alpha value is -4.83. The first-order valence-electron chi connectivity index (χ1n) is 17.6. The fraction of sp³-hybridized carbons (Fsp3) is 0.459. The third-order valence-electron chi connectivity index (χ3n) is 8.69. The van der Waals surface area contributed by atoms with Gasteiger partial charge in [0.25, 0.3) is 11.8 Å². The van der Waals surface area contributed by atoms with Crippen molar-refractivity contribution in [3.8, 4) is 0 Å². The van der Waals surface area contributed by atoms with Crippen molar-refractivity contribution in [2.45, 2.75) is 77.2 Å². The van der Waals surface area contributed by atoms with E-state index in [9.17, 15) is 28.8 Å². The van der Waals surface area contributed by atoms with Crippen LogP contribution in [-0.4, -0.2) is 99.6 Å². The van der Waals surface area contributed by atoms with Crippen molar-refractivity contribution in [3.05, 3.63) is 82.1 Å². The van der Waals surface area contributed by atoms with E-state index < -0.39 is 65.7 Å². The summed E-state index contributed by atoms with van der Waals surface area (Å²) in [5, 5.41) is 16.2. The molecule has 0 spiro atoms. The number of carbonyl (C=O) groups excluding carboxylic acids is 6. The third kappa shape index (κ3) is 11.8. The van der Waals surface area contributed by atoms with Gasteiger partial charge in [-0.25, -0.2) is 4.98 Å². The predicted octanol–water partition coefficient (Wildman–Crippen LogP) is 2.49. The summed E-state index contributed by atoms with van der Waals surface area (Å²) >= 11 is 2.70. The van der Waals surface area contributed by atoms with Gasteiger partial charge in [0.05, 0.1) is 18.6 Å². The predicted molar refractivity (Wildman–Crippen MR) is 204 cm³/mol. The maximum Gasteiger partial charge on any atom is 0.271 e. The van der Waals surface area contributed by atoms with Crippen molar-refractivity contribution in [1.82, 2.24) is 41.5 Å². The van der Waals surface area contributed by atoms with Crippen molar-refractivity contribution in [1.29, 1.82) is 0 Å². The molecule has 2 aromatic heterocycles. The third-order valence-corrected chi connectivity index (χ3v) is 10.3. The highest BCUT2D eigenvalue weighted by atomic mass is 32.2. The zero-order valence-electron chi connectivity index (χ0n) is 30.6. The van der Waals surface area contributed by atoms with Crippen LogP contribution in [-0.2, 0) is 25.6 Å². The molecular weight excluding hydrogens is 717 g/mol. The number of benzene rings is 1. The number of rotatable bonds is 8. The van der Waals surface area contributed by atoms with E-state index in [2.05, 4.69) is 36.6 Å². The number of fused-ring (bicyclic) bond motifs is 2. The van der Waals surface area contributed by atoms with Crippen LogP contribution in [0.4, 0.5) is 0 Å². The number of nitrogens with one attached hydrogen (secondary N) is 5. The van der Waals surface area contributed by atoms with E-state index in [1.807, 2.05) is 50.4 Å². The molecule has 0 saturated heterocycles. The van der Waals surface area contributed by atoms with E-state index in [4.69, 9.17) is 0 Å². The van der Waals surface area contributed by atoms with Gasteiger partial charge < -0.3 is 31.5 Å². The Morgan fingerprint density at radius 2 is 1.60 bits per heavy atom. The Bertz CT molecular complexity index is 1720. The van der Waals surface area contributed by atoms with Crippen LogP contribution in [0.1, 0.15) is 78.0 Å². The molecular formula is C37H48N8O6S2. The minimum absolute atomic E-state index is 0.0438. The molecule has 0 saturated carbocycles. The number of hydrogen-bond donors (Lipinski definition) is 5. The minimum Gasteiger partial charge on any atom is -0.349 e. The molecule has 0 fully saturated rings. The van der Waals surface area contributed by atoms with Crippen LogP contribution in [0.5, 0.6) is 0 Å². The molecule has 1 aliphatic rings. The first-order chi connectivity index (χ1) is 25.4. The lowest BCUT2D eigenvalue weighted by atomic mass is 10.0. The van der Waals surface area contributed by atoms with E-state index in [1.54, 1.807) is 24.4 Å². The van der Waals surface area contributed by atoms with Crippen LogP contribution >= 0.6 is 23.1 Å². The van der Waals surface area contributed by atoms with Crippen molar-refractivity contribution in [3.63, 3.8) is 0 Å². The number of thiazole rings is 1. The van der Waals surface area contributed by atoms with Crippen LogP contribution in [0.25, 0.3) is 0 Å². The van der Waals surface area contributed by atoms with Gasteiger partial charge in [-0.2, -0.15) is 11.8 Å². The van der Waals surface area contributed by atoms with Crippen LogP contribution < -0.4 is 26.6 Å². The molecule has 284 valence electrons. The number of pyridine rings is 1. The highest BCUT2D eigenvalue weighted by Crippen LogP contribution is 2.25. The largest absolute Gasteiger partial charge is 0.349 e. The van der Waals surface area contributed by atoms with Crippen LogP contribution in [0.15, 0.2) is 60.2 Å². The molecule has 14 nitrogen and oxygen atoms in total. The Morgan fingerprint density at radius 3 is 2.26 bits per heavy atom. The maximum atomic E-state index is 14.0. The first kappa shape index (κ1) is 40.9. The molecule has 0 radical (unpaired) electrons. The number of aromatic nitrogens is 2. The zero-order chi connectivity index (χ0) is 38.5. The minimum atomic E-state index is -1.01. The smallest absolute Gasteiger partial charge is 0.271 e. The summed E-state index contributed by atoms with van der Waals surface area (Å²) in [5.74, 6) is -2.70. The molecule has 5 atom stereocenters. The molecule has 1 aliphatic heterocycles. The maximum absolute atomic E-state index is 14.0. The van der Waals surface area contributed by atoms with Crippen molar-refractivity contribution >= 4 is 58.5 Å². The molecule has 2 bridgehead atoms. The standard InChI is InChI=1S/C37H48N8O6S2/c1-6-27-33(48)42-28(14-17-52-5)34(49)40-26(18-24-10-8-7-9-11-24)19-45(37(51)25-12-15-38-16-13-25)20-30(46)44-31(22(2)3)36-43-29(21-53-36)35(50)39-23(4)32(47)41-27/h7-13,15-16,21-23,26-28,31H,6,14,17-20H2,1-5H3,(H,39,50)(H,40,49)(H,41,47)(H,42,48)(H,44,46)/t23-,26+,27+,28+,31+/m1/s1. The van der Waals surface area contributed by atoms with Gasteiger partial charge in [-0.1, -0.05) is 51.1 Å². The van der Waals surface area contributed by atoms with Gasteiger partial charge in [0.15, 0.2) is 0 Å². The van der Waals surface area contributed by atoms with Crippen molar-refractivity contribution in [2.75, 3.05) is 25.1 Å². The van der Waals surface area contributed by atoms with Gasteiger partial charge in [-0.3, -0.25) is 33.8 Å². The summed E-state index contributed by atoms with van der Waals surface area (Å²) in [6, 6.07) is 8.32. The van der Waals surface area contributed by atoms with Gasteiger partial charge in [0.1, 0.15) is 28.8 Å². The lowest BCUT2D eigenvalue weighted by Crippen LogP contribution is -2.58. The lowest BCUT2D eigenvalue weighted by Gasteiger charge is -2.30. The van der Waals surface area contributed by atoms with E-state index in [0.29, 0.717) is 29.2 Å². The van der Waals surface area contributed by atoms with Crippen LogP contribution in [0.3, 0.4) is 0 Å². The molecule has 5 N–H and O–H groups in total. The lowest BCUT2D eigenvalue weighted by molar-refractivity contribution is -0.132. The summed E-state index contributed by atoms with van der Waals surface area (Å²) in [4.78, 5) is 91.7. The Balaban J connectivity index is 1.76. The Labute approximate surface area is 318 Å². The molecule has 16 heteroatoms. The first-order valence-corrected chi connectivity index (χ1v) is 19.9. The van der Waals surface area contributed by atoms with Crippen LogP contribution in [0, 0.1) is 5.92 Å². The van der Waals surface area contributed by atoms with Crippen molar-refractivity contribution < 1.29 is 28.8 Å². The fourth-order valence-corrected chi connectivity index (χ4v) is 7.22. The average Bonchev–Trinajstić information content (AvgIpc) is 3.64. The molecule has 1 aromatic carbocycles. The number of hydrogen-bond acceptors (Lipinski definition) is 10. The summed E-state index contributed by atoms with van der Waals surface area (Å²) in [6.45, 7) is 6.64. The number of carbonyl (C=O) groups is 6. The van der Waals surface area contributed by atoms with Gasteiger partial charge in [0, 0.05) is 29.9 Å². The summed E-state index contributed by atoms with van der Waals surface area (Å²) < 4.78 is 0. The number of nitrogens with zero attached hydrogens (tertiary/aromatic N) is 3. The molecule has 0 aliphatic carbocycles. The zero-order valence-corrected chi connectivity index (χ0v) is 32.2. The quantitative estimate of drug-likeness (QED) is 0.229. The van der Waals surface area contributed by atoms with E-state index in [1.165, 1.54) is 47.3 Å². The van der Waals surface area contributed by atoms with Gasteiger partial charge in [-0.15, -0.1) is 11.3 Å². The SMILES string of the molecule is CC[C@@H]1NC(=O)[C@@H](C)NC(=O)c2csc(n2)[C@H](C(C)C)NC(=O)CN(C(=O)c2ccncc2)C[C@H](Cc2ccccc2)NC(=O)[C@H](CCSC)NC1=O. The second-order valence-corrected chi connectivity index (χ2v) is 15.1. The average molecular weight is 765 g/mol. The monoisotopic (exact) mass is 764 g/mol. The molecule has 4 rings (SSSR count).